The zero-order chi connectivity index (χ0) is 38.6. The molecule has 19 heteroatoms. The molecular formula is C31H42N6O11S2. The van der Waals surface area contributed by atoms with Gasteiger partial charge in [-0.15, -0.1) is 0 Å². The van der Waals surface area contributed by atoms with Gasteiger partial charge in [0.15, 0.2) is 0 Å². The predicted octanol–water partition coefficient (Wildman–Crippen LogP) is 2.49. The summed E-state index contributed by atoms with van der Waals surface area (Å²) in [4.78, 5) is 43.0. The summed E-state index contributed by atoms with van der Waals surface area (Å²) in [6.45, 7) is 6.35. The van der Waals surface area contributed by atoms with Gasteiger partial charge in [0.1, 0.15) is 11.5 Å². The molecule has 1 aromatic heterocycles. The Bertz CT molecular complexity index is 1860. The Morgan fingerprint density at radius 1 is 0.900 bits per heavy atom. The number of methoxy groups -OCH3 is 1. The Labute approximate surface area is 290 Å². The van der Waals surface area contributed by atoms with E-state index in [2.05, 4.69) is 15.6 Å². The number of pyridine rings is 1. The standard InChI is InChI=1S/C29H34N6O5.2CH4O3S/c1-29(2,3)22(13-14-30)34-26(36)17-7-10-19(21(15-17)28(38)39)20-11-12-23(40-4)35-24(20)27(37)33-18-8-5-16(6-9-18)25(31)32;2*1-5(2,3)4/h5-12,15,22H,13-14,30H2,1-4H3,(H3,31,32)(H,33,37)(H,34,36)(H,38,39);2*1H3,(H,2,3,4)/t22-;;/m0../s1. The molecule has 0 aliphatic rings. The lowest BCUT2D eigenvalue weighted by Gasteiger charge is -2.31. The van der Waals surface area contributed by atoms with Crippen LogP contribution in [-0.2, 0) is 20.2 Å². The van der Waals surface area contributed by atoms with E-state index in [4.69, 9.17) is 30.7 Å². The van der Waals surface area contributed by atoms with Crippen LogP contribution in [0.15, 0.2) is 54.6 Å². The number of carboxylic acid groups (broad SMARTS) is 1. The topological polar surface area (TPSA) is 302 Å². The van der Waals surface area contributed by atoms with E-state index in [1.165, 1.54) is 37.4 Å². The molecule has 0 fully saturated rings. The number of carboxylic acids is 1. The van der Waals surface area contributed by atoms with Gasteiger partial charge in [-0.1, -0.05) is 26.8 Å². The van der Waals surface area contributed by atoms with E-state index in [1.54, 1.807) is 24.3 Å². The normalized spacial score (nSPS) is 11.8. The molecule has 2 aromatic carbocycles. The monoisotopic (exact) mass is 738 g/mol. The fourth-order valence-electron chi connectivity index (χ4n) is 4.10. The molecule has 3 rings (SSSR count). The van der Waals surface area contributed by atoms with Crippen LogP contribution in [0.25, 0.3) is 11.1 Å². The van der Waals surface area contributed by atoms with Crippen LogP contribution in [0.1, 0.15) is 64.0 Å². The summed E-state index contributed by atoms with van der Waals surface area (Å²) in [6, 6.07) is 13.4. The fraction of sp³-hybridized carbons (Fsp3) is 0.323. The van der Waals surface area contributed by atoms with Gasteiger partial charge >= 0.3 is 5.97 Å². The summed E-state index contributed by atoms with van der Waals surface area (Å²) < 4.78 is 56.9. The van der Waals surface area contributed by atoms with Crippen molar-refractivity contribution in [3.8, 4) is 17.0 Å². The van der Waals surface area contributed by atoms with E-state index in [0.29, 0.717) is 36.7 Å². The molecule has 0 saturated heterocycles. The molecule has 2 amide bonds. The van der Waals surface area contributed by atoms with Crippen LogP contribution in [0.4, 0.5) is 5.69 Å². The Hall–Kier alpha value is -4.95. The molecule has 0 aliphatic carbocycles. The first kappa shape index (κ1) is 43.1. The quantitative estimate of drug-likeness (QED) is 0.0842. The number of nitrogens with one attached hydrogen (secondary N) is 3. The average molecular weight is 739 g/mol. The van der Waals surface area contributed by atoms with Crippen molar-refractivity contribution in [1.29, 1.82) is 5.41 Å². The van der Waals surface area contributed by atoms with Crippen molar-refractivity contribution < 1.29 is 50.2 Å². The average Bonchev–Trinajstić information content (AvgIpc) is 2.98. The lowest BCUT2D eigenvalue weighted by molar-refractivity contribution is 0.0697. The van der Waals surface area contributed by atoms with Gasteiger partial charge in [-0.05, 0) is 66.4 Å². The molecule has 0 spiro atoms. The fourth-order valence-corrected chi connectivity index (χ4v) is 4.10. The van der Waals surface area contributed by atoms with Crippen LogP contribution in [0.3, 0.4) is 0 Å². The smallest absolute Gasteiger partial charge is 0.336 e. The molecule has 0 saturated carbocycles. The van der Waals surface area contributed by atoms with Gasteiger partial charge in [0.05, 0.1) is 25.2 Å². The Kier molecular flexibility index (Phi) is 15.6. The van der Waals surface area contributed by atoms with Gasteiger partial charge in [0.25, 0.3) is 32.1 Å². The Balaban J connectivity index is 0.00000109. The second kappa shape index (κ2) is 18.2. The third kappa shape index (κ3) is 15.5. The molecule has 0 radical (unpaired) electrons. The van der Waals surface area contributed by atoms with Crippen molar-refractivity contribution in [2.45, 2.75) is 33.2 Å². The molecule has 274 valence electrons. The maximum absolute atomic E-state index is 13.3. The van der Waals surface area contributed by atoms with Gasteiger partial charge in [-0.25, -0.2) is 9.78 Å². The summed E-state index contributed by atoms with van der Waals surface area (Å²) in [5.74, 6) is -2.27. The molecule has 10 N–H and O–H groups in total. The number of hydrogen-bond acceptors (Lipinski definition) is 11. The number of amidine groups is 1. The van der Waals surface area contributed by atoms with Crippen molar-refractivity contribution in [1.82, 2.24) is 10.3 Å². The van der Waals surface area contributed by atoms with Gasteiger partial charge < -0.3 is 31.9 Å². The lowest BCUT2D eigenvalue weighted by Crippen LogP contribution is -2.44. The minimum absolute atomic E-state index is 0.0783. The number of nitrogens with zero attached hydrogens (tertiary/aromatic N) is 1. The largest absolute Gasteiger partial charge is 0.481 e. The van der Waals surface area contributed by atoms with Crippen LogP contribution in [0.2, 0.25) is 0 Å². The molecular weight excluding hydrogens is 697 g/mol. The van der Waals surface area contributed by atoms with E-state index in [1.807, 2.05) is 20.8 Å². The Morgan fingerprint density at radius 2 is 1.40 bits per heavy atom. The molecule has 0 unspecified atom stereocenters. The van der Waals surface area contributed by atoms with Crippen molar-refractivity contribution in [3.63, 3.8) is 0 Å². The number of benzene rings is 2. The maximum Gasteiger partial charge on any atom is 0.336 e. The molecule has 50 heavy (non-hydrogen) atoms. The number of carbonyl (C=O) groups is 3. The first-order chi connectivity index (χ1) is 22.8. The molecule has 1 atom stereocenters. The van der Waals surface area contributed by atoms with Gasteiger partial charge in [-0.2, -0.15) is 16.8 Å². The number of aromatic carboxylic acids is 1. The minimum Gasteiger partial charge on any atom is -0.481 e. The predicted molar refractivity (Wildman–Crippen MR) is 188 cm³/mol. The highest BCUT2D eigenvalue weighted by Crippen LogP contribution is 2.30. The summed E-state index contributed by atoms with van der Waals surface area (Å²) in [6.07, 6.45) is 1.99. The van der Waals surface area contributed by atoms with E-state index in [-0.39, 0.29) is 51.1 Å². The molecule has 3 aromatic rings. The third-order valence-corrected chi connectivity index (χ3v) is 6.36. The van der Waals surface area contributed by atoms with Crippen molar-refractivity contribution in [2.24, 2.45) is 16.9 Å². The number of nitrogen functional groups attached to an aromatic ring is 1. The molecule has 17 nitrogen and oxygen atoms in total. The van der Waals surface area contributed by atoms with Crippen molar-refractivity contribution in [3.05, 3.63) is 77.0 Å². The van der Waals surface area contributed by atoms with E-state index < -0.39 is 38.0 Å². The molecule has 1 heterocycles. The van der Waals surface area contributed by atoms with Crippen LogP contribution in [-0.4, -0.2) is 91.9 Å². The summed E-state index contributed by atoms with van der Waals surface area (Å²) in [5.41, 5.74) is 12.2. The number of ether oxygens (including phenoxy) is 1. The van der Waals surface area contributed by atoms with Gasteiger partial charge in [0.2, 0.25) is 5.88 Å². The number of nitrogens with two attached hydrogens (primary N) is 2. The number of amides is 2. The van der Waals surface area contributed by atoms with Crippen LogP contribution < -0.4 is 26.8 Å². The zero-order valence-electron chi connectivity index (χ0n) is 28.2. The summed E-state index contributed by atoms with van der Waals surface area (Å²) in [5, 5.41) is 23.2. The lowest BCUT2D eigenvalue weighted by atomic mass is 9.84. The first-order valence-electron chi connectivity index (χ1n) is 14.4. The van der Waals surface area contributed by atoms with Crippen LogP contribution >= 0.6 is 0 Å². The van der Waals surface area contributed by atoms with E-state index >= 15 is 0 Å². The van der Waals surface area contributed by atoms with Crippen molar-refractivity contribution in [2.75, 3.05) is 31.5 Å². The molecule has 0 aliphatic heterocycles. The Morgan fingerprint density at radius 3 is 1.84 bits per heavy atom. The summed E-state index contributed by atoms with van der Waals surface area (Å²) >= 11 is 0. The minimum atomic E-state index is -3.67. The number of anilines is 1. The van der Waals surface area contributed by atoms with Gasteiger partial charge in [-0.3, -0.25) is 24.1 Å². The molecule has 0 bridgehead atoms. The third-order valence-electron chi connectivity index (χ3n) is 6.36. The highest BCUT2D eigenvalue weighted by Gasteiger charge is 2.27. The first-order valence-corrected chi connectivity index (χ1v) is 18.1. The summed E-state index contributed by atoms with van der Waals surface area (Å²) in [7, 11) is -5.93. The second-order valence-electron chi connectivity index (χ2n) is 11.7. The van der Waals surface area contributed by atoms with Crippen LogP contribution in [0, 0.1) is 10.8 Å². The highest BCUT2D eigenvalue weighted by atomic mass is 32.2. The van der Waals surface area contributed by atoms with Gasteiger partial charge in [0, 0.05) is 34.5 Å². The number of hydrogen-bond donors (Lipinski definition) is 8. The van der Waals surface area contributed by atoms with E-state index in [0.717, 1.165) is 0 Å². The number of rotatable bonds is 10. The van der Waals surface area contributed by atoms with Crippen molar-refractivity contribution >= 4 is 49.5 Å². The maximum atomic E-state index is 13.3. The number of carbonyl (C=O) groups excluding carboxylic acids is 2. The SMILES string of the molecule is COc1ccc(-c2ccc(C(=O)N[C@@H](CCN)C(C)(C)C)cc2C(=O)O)c(C(=O)Nc2ccc(C(=N)N)cc2)n1.CS(=O)(=O)O.CS(=O)(=O)O. The second-order valence-corrected chi connectivity index (χ2v) is 14.6. The van der Waals surface area contributed by atoms with E-state index in [9.17, 15) is 36.3 Å². The zero-order valence-corrected chi connectivity index (χ0v) is 29.8. The van der Waals surface area contributed by atoms with Crippen LogP contribution in [0.5, 0.6) is 5.88 Å². The highest BCUT2D eigenvalue weighted by molar-refractivity contribution is 7.85. The number of aromatic nitrogens is 1.